The molecule has 0 heterocycles. The molecule has 0 aromatic heterocycles. The second kappa shape index (κ2) is 3.05. The van der Waals surface area contributed by atoms with Crippen LogP contribution in [0.5, 0.6) is 0 Å². The molecule has 3 nitrogen and oxygen atoms in total. The van der Waals surface area contributed by atoms with Gasteiger partial charge in [0.05, 0.1) is 5.54 Å². The molecule has 0 bridgehead atoms. The lowest BCUT2D eigenvalue weighted by Gasteiger charge is -2.22. The highest BCUT2D eigenvalue weighted by Crippen LogP contribution is 2.33. The smallest absolute Gasteiger partial charge is 0.242 e. The molecule has 0 unspecified atom stereocenters. The van der Waals surface area contributed by atoms with Crippen LogP contribution in [0.3, 0.4) is 0 Å². The van der Waals surface area contributed by atoms with Gasteiger partial charge in [0.2, 0.25) is 5.91 Å². The van der Waals surface area contributed by atoms with Gasteiger partial charge in [0.15, 0.2) is 0 Å². The summed E-state index contributed by atoms with van der Waals surface area (Å²) in [4.78, 5) is 13.3. The maximum absolute atomic E-state index is 11.6. The predicted octanol–water partition coefficient (Wildman–Crippen LogP) is 0.592. The van der Waals surface area contributed by atoms with Gasteiger partial charge in [-0.2, -0.15) is 0 Å². The number of nitrogens with zero attached hydrogens (tertiary/aromatic N) is 1. The number of likely N-dealkylation sites (N-methyl/N-ethyl adjacent to an activating group) is 1. The zero-order valence-electron chi connectivity index (χ0n) is 8.13. The minimum absolute atomic E-state index is 0.108. The maximum Gasteiger partial charge on any atom is 0.242 e. The van der Waals surface area contributed by atoms with Crippen molar-refractivity contribution in [2.24, 2.45) is 11.7 Å². The number of amides is 1. The van der Waals surface area contributed by atoms with Crippen LogP contribution >= 0.6 is 0 Å². The van der Waals surface area contributed by atoms with Crippen LogP contribution in [-0.2, 0) is 4.79 Å². The highest BCUT2D eigenvalue weighted by atomic mass is 16.2. The van der Waals surface area contributed by atoms with Crippen molar-refractivity contribution < 1.29 is 4.79 Å². The van der Waals surface area contributed by atoms with E-state index >= 15 is 0 Å². The summed E-state index contributed by atoms with van der Waals surface area (Å²) in [6.07, 6.45) is 1.71. The van der Waals surface area contributed by atoms with Crippen molar-refractivity contribution in [1.82, 2.24) is 4.90 Å². The Morgan fingerprint density at radius 3 is 2.42 bits per heavy atom. The fourth-order valence-electron chi connectivity index (χ4n) is 1.36. The van der Waals surface area contributed by atoms with Crippen molar-refractivity contribution in [2.45, 2.75) is 32.2 Å². The van der Waals surface area contributed by atoms with Gasteiger partial charge in [0, 0.05) is 13.6 Å². The summed E-state index contributed by atoms with van der Waals surface area (Å²) >= 11 is 0. The first-order chi connectivity index (χ1) is 5.46. The summed E-state index contributed by atoms with van der Waals surface area (Å²) in [6, 6.07) is 0. The molecule has 0 atom stereocenters. The highest BCUT2D eigenvalue weighted by molar-refractivity contribution is 5.88. The molecule has 1 fully saturated rings. The topological polar surface area (TPSA) is 46.3 Å². The molecule has 0 aliphatic heterocycles. The minimum Gasteiger partial charge on any atom is -0.344 e. The fourth-order valence-corrected chi connectivity index (χ4v) is 1.36. The van der Waals surface area contributed by atoms with Gasteiger partial charge in [-0.3, -0.25) is 4.79 Å². The monoisotopic (exact) mass is 170 g/mol. The van der Waals surface area contributed by atoms with E-state index in [1.54, 1.807) is 4.90 Å². The third-order valence-corrected chi connectivity index (χ3v) is 2.20. The van der Waals surface area contributed by atoms with Crippen LogP contribution in [0.25, 0.3) is 0 Å². The summed E-state index contributed by atoms with van der Waals surface area (Å²) in [7, 11) is 1.83. The predicted molar refractivity (Wildman–Crippen MR) is 48.6 cm³/mol. The molecule has 0 radical (unpaired) electrons. The second-order valence-corrected chi connectivity index (χ2v) is 4.24. The van der Waals surface area contributed by atoms with Crippen molar-refractivity contribution in [3.63, 3.8) is 0 Å². The molecule has 1 aliphatic carbocycles. The van der Waals surface area contributed by atoms with Crippen LogP contribution < -0.4 is 5.73 Å². The maximum atomic E-state index is 11.6. The molecule has 1 aliphatic rings. The lowest BCUT2D eigenvalue weighted by Crippen LogP contribution is -2.44. The van der Waals surface area contributed by atoms with E-state index in [2.05, 4.69) is 13.8 Å². The van der Waals surface area contributed by atoms with Gasteiger partial charge in [-0.1, -0.05) is 13.8 Å². The zero-order chi connectivity index (χ0) is 9.35. The zero-order valence-corrected chi connectivity index (χ0v) is 8.13. The molecular formula is C9H18N2O. The van der Waals surface area contributed by atoms with Gasteiger partial charge in [-0.05, 0) is 18.8 Å². The molecule has 1 rings (SSSR count). The summed E-state index contributed by atoms with van der Waals surface area (Å²) in [5.41, 5.74) is 5.28. The molecule has 1 amide bonds. The molecule has 2 N–H and O–H groups in total. The Labute approximate surface area is 73.9 Å². The Morgan fingerprint density at radius 1 is 1.58 bits per heavy atom. The van der Waals surface area contributed by atoms with E-state index in [1.807, 2.05) is 7.05 Å². The number of carbonyl (C=O) groups excluding carboxylic acids is 1. The van der Waals surface area contributed by atoms with Crippen LogP contribution in [0.2, 0.25) is 0 Å². The molecule has 1 saturated carbocycles. The van der Waals surface area contributed by atoms with Gasteiger partial charge in [0.25, 0.3) is 0 Å². The van der Waals surface area contributed by atoms with Crippen LogP contribution in [-0.4, -0.2) is 29.9 Å². The summed E-state index contributed by atoms with van der Waals surface area (Å²) in [5, 5.41) is 0. The van der Waals surface area contributed by atoms with Gasteiger partial charge >= 0.3 is 0 Å². The van der Waals surface area contributed by atoms with Crippen molar-refractivity contribution in [3.8, 4) is 0 Å². The van der Waals surface area contributed by atoms with E-state index in [1.165, 1.54) is 0 Å². The quantitative estimate of drug-likeness (QED) is 0.674. The Hall–Kier alpha value is -0.570. The third-order valence-electron chi connectivity index (χ3n) is 2.20. The normalized spacial score (nSPS) is 19.4. The van der Waals surface area contributed by atoms with Gasteiger partial charge in [-0.15, -0.1) is 0 Å². The van der Waals surface area contributed by atoms with Crippen molar-refractivity contribution >= 4 is 5.91 Å². The number of hydrogen-bond donors (Lipinski definition) is 1. The van der Waals surface area contributed by atoms with E-state index in [0.717, 1.165) is 19.4 Å². The molecular weight excluding hydrogens is 152 g/mol. The van der Waals surface area contributed by atoms with Crippen molar-refractivity contribution in [1.29, 1.82) is 0 Å². The SMILES string of the molecule is CC(C)CN(C)C(=O)C1(N)CC1. The Kier molecular flexibility index (Phi) is 2.42. The Morgan fingerprint density at radius 2 is 2.08 bits per heavy atom. The van der Waals surface area contributed by atoms with Gasteiger partial charge in [-0.25, -0.2) is 0 Å². The Bertz CT molecular complexity index is 185. The van der Waals surface area contributed by atoms with E-state index in [-0.39, 0.29) is 5.91 Å². The summed E-state index contributed by atoms with van der Waals surface area (Å²) in [5.74, 6) is 0.623. The van der Waals surface area contributed by atoms with E-state index in [9.17, 15) is 4.79 Å². The summed E-state index contributed by atoms with van der Waals surface area (Å²) in [6.45, 7) is 5.00. The first-order valence-corrected chi connectivity index (χ1v) is 4.50. The van der Waals surface area contributed by atoms with E-state index < -0.39 is 5.54 Å². The van der Waals surface area contributed by atoms with E-state index in [4.69, 9.17) is 5.73 Å². The molecule has 0 spiro atoms. The number of carbonyl (C=O) groups is 1. The standard InChI is InChI=1S/C9H18N2O/c1-7(2)6-11(3)8(12)9(10)4-5-9/h7H,4-6,10H2,1-3H3. The van der Waals surface area contributed by atoms with Crippen LogP contribution in [0.1, 0.15) is 26.7 Å². The first-order valence-electron chi connectivity index (χ1n) is 4.50. The van der Waals surface area contributed by atoms with Crippen LogP contribution in [0.4, 0.5) is 0 Å². The lowest BCUT2D eigenvalue weighted by atomic mass is 10.2. The molecule has 0 aromatic carbocycles. The highest BCUT2D eigenvalue weighted by Gasteiger charge is 2.47. The van der Waals surface area contributed by atoms with Gasteiger partial charge < -0.3 is 10.6 Å². The minimum atomic E-state index is -0.496. The van der Waals surface area contributed by atoms with Crippen LogP contribution in [0, 0.1) is 5.92 Å². The van der Waals surface area contributed by atoms with Crippen molar-refractivity contribution in [2.75, 3.05) is 13.6 Å². The largest absolute Gasteiger partial charge is 0.344 e. The average molecular weight is 170 g/mol. The second-order valence-electron chi connectivity index (χ2n) is 4.24. The average Bonchev–Trinajstić information content (AvgIpc) is 2.66. The molecule has 12 heavy (non-hydrogen) atoms. The van der Waals surface area contributed by atoms with Crippen molar-refractivity contribution in [3.05, 3.63) is 0 Å². The van der Waals surface area contributed by atoms with E-state index in [0.29, 0.717) is 5.92 Å². The first kappa shape index (κ1) is 9.52. The lowest BCUT2D eigenvalue weighted by molar-refractivity contribution is -0.132. The fraction of sp³-hybridized carbons (Fsp3) is 0.889. The van der Waals surface area contributed by atoms with Crippen LogP contribution in [0.15, 0.2) is 0 Å². The summed E-state index contributed by atoms with van der Waals surface area (Å²) < 4.78 is 0. The number of nitrogens with two attached hydrogens (primary N) is 1. The molecule has 0 saturated heterocycles. The molecule has 3 heteroatoms. The number of hydrogen-bond acceptors (Lipinski definition) is 2. The Balaban J connectivity index is 2.42. The third kappa shape index (κ3) is 1.97. The number of rotatable bonds is 3. The molecule has 0 aromatic rings. The van der Waals surface area contributed by atoms with Gasteiger partial charge in [0.1, 0.15) is 0 Å². The molecule has 70 valence electrons.